The van der Waals surface area contributed by atoms with Crippen LogP contribution in [0.25, 0.3) is 0 Å². The van der Waals surface area contributed by atoms with Gasteiger partial charge in [-0.2, -0.15) is 0 Å². The van der Waals surface area contributed by atoms with Crippen molar-refractivity contribution >= 4 is 19.9 Å². The van der Waals surface area contributed by atoms with Crippen molar-refractivity contribution < 1.29 is 21.3 Å². The first-order chi connectivity index (χ1) is 10.2. The molecule has 0 unspecified atom stereocenters. The van der Waals surface area contributed by atoms with Gasteiger partial charge in [-0.1, -0.05) is 34.9 Å². The number of benzene rings is 1. The van der Waals surface area contributed by atoms with Gasteiger partial charge < -0.3 is 4.42 Å². The van der Waals surface area contributed by atoms with E-state index in [2.05, 4.69) is 14.9 Å². The van der Waals surface area contributed by atoms with Gasteiger partial charge in [-0.25, -0.2) is 21.6 Å². The van der Waals surface area contributed by atoms with E-state index in [4.69, 9.17) is 4.42 Å². The summed E-state index contributed by atoms with van der Waals surface area (Å²) in [7, 11) is -7.21. The van der Waals surface area contributed by atoms with Gasteiger partial charge in [-0.15, -0.1) is 5.10 Å². The lowest BCUT2D eigenvalue weighted by Crippen LogP contribution is -2.24. The van der Waals surface area contributed by atoms with Crippen LogP contribution in [0.15, 0.2) is 33.9 Å². The predicted molar refractivity (Wildman–Crippen MR) is 78.1 cm³/mol. The summed E-state index contributed by atoms with van der Waals surface area (Å²) in [5.41, 5.74) is 1.67. The fourth-order valence-corrected chi connectivity index (χ4v) is 3.10. The fourth-order valence-electron chi connectivity index (χ4n) is 1.59. The summed E-state index contributed by atoms with van der Waals surface area (Å²) in [6.45, 7) is 1.64. The molecule has 0 saturated carbocycles. The van der Waals surface area contributed by atoms with E-state index >= 15 is 0 Å². The van der Waals surface area contributed by atoms with Gasteiger partial charge >= 0.3 is 5.22 Å². The number of hydrogen-bond acceptors (Lipinski definition) is 7. The number of sulfone groups is 1. The Morgan fingerprint density at radius 3 is 2.27 bits per heavy atom. The molecule has 1 aromatic carbocycles. The Hall–Kier alpha value is -1.78. The standard InChI is InChI=1S/C12H15N3O5S2/c1-9-3-5-10(6-4-9)8-22(18,19)13-7-11-14-15-12(20-11)21(2,16)17/h3-6,13H,7-8H2,1-2H3. The van der Waals surface area contributed by atoms with Crippen molar-refractivity contribution in [1.82, 2.24) is 14.9 Å². The van der Waals surface area contributed by atoms with E-state index in [0.717, 1.165) is 11.8 Å². The number of nitrogens with one attached hydrogen (secondary N) is 1. The van der Waals surface area contributed by atoms with Crippen molar-refractivity contribution in [1.29, 1.82) is 0 Å². The molecule has 22 heavy (non-hydrogen) atoms. The SMILES string of the molecule is Cc1ccc(CS(=O)(=O)NCc2nnc(S(C)(=O)=O)o2)cc1. The van der Waals surface area contributed by atoms with Crippen molar-refractivity contribution in [2.45, 2.75) is 24.4 Å². The van der Waals surface area contributed by atoms with Gasteiger partial charge in [-0.05, 0) is 12.5 Å². The fraction of sp³-hybridized carbons (Fsp3) is 0.333. The van der Waals surface area contributed by atoms with Crippen LogP contribution in [0, 0.1) is 6.92 Å². The Kier molecular flexibility index (Phi) is 4.63. The summed E-state index contributed by atoms with van der Waals surface area (Å²) < 4.78 is 53.4. The van der Waals surface area contributed by atoms with Crippen molar-refractivity contribution in [3.8, 4) is 0 Å². The molecule has 0 aliphatic carbocycles. The second-order valence-electron chi connectivity index (χ2n) is 4.80. The van der Waals surface area contributed by atoms with Crippen LogP contribution in [0.2, 0.25) is 0 Å². The average Bonchev–Trinajstić information content (AvgIpc) is 2.88. The second-order valence-corrected chi connectivity index (χ2v) is 8.50. The van der Waals surface area contributed by atoms with Gasteiger partial charge in [0.15, 0.2) is 0 Å². The maximum atomic E-state index is 11.9. The van der Waals surface area contributed by atoms with Gasteiger partial charge in [0.2, 0.25) is 25.8 Å². The number of aryl methyl sites for hydroxylation is 1. The Balaban J connectivity index is 2.00. The van der Waals surface area contributed by atoms with Gasteiger partial charge in [-0.3, -0.25) is 0 Å². The van der Waals surface area contributed by atoms with Gasteiger partial charge in [0.25, 0.3) is 0 Å². The first-order valence-corrected chi connectivity index (χ1v) is 9.75. The van der Waals surface area contributed by atoms with Crippen LogP contribution in [0.1, 0.15) is 17.0 Å². The lowest BCUT2D eigenvalue weighted by Gasteiger charge is -2.05. The predicted octanol–water partition coefficient (Wildman–Crippen LogP) is 0.401. The summed E-state index contributed by atoms with van der Waals surface area (Å²) in [5, 5.41) is 6.28. The highest BCUT2D eigenvalue weighted by Crippen LogP contribution is 2.09. The number of hydrogen-bond donors (Lipinski definition) is 1. The minimum Gasteiger partial charge on any atom is -0.411 e. The van der Waals surface area contributed by atoms with E-state index < -0.39 is 25.1 Å². The Bertz CT molecular complexity index is 854. The largest absolute Gasteiger partial charge is 0.411 e. The molecule has 0 fully saturated rings. The molecule has 0 atom stereocenters. The number of rotatable bonds is 6. The van der Waals surface area contributed by atoms with Gasteiger partial charge in [0, 0.05) is 6.26 Å². The molecule has 0 spiro atoms. The highest BCUT2D eigenvalue weighted by molar-refractivity contribution is 7.90. The van der Waals surface area contributed by atoms with E-state index in [1.165, 1.54) is 0 Å². The number of nitrogens with zero attached hydrogens (tertiary/aromatic N) is 2. The zero-order chi connectivity index (χ0) is 16.4. The van der Waals surface area contributed by atoms with Crippen LogP contribution in [-0.2, 0) is 32.2 Å². The monoisotopic (exact) mass is 345 g/mol. The Morgan fingerprint density at radius 2 is 1.73 bits per heavy atom. The molecule has 10 heteroatoms. The van der Waals surface area contributed by atoms with Gasteiger partial charge in [0.05, 0.1) is 12.3 Å². The van der Waals surface area contributed by atoms with Crippen molar-refractivity contribution in [2.75, 3.05) is 6.26 Å². The van der Waals surface area contributed by atoms with Crippen molar-refractivity contribution in [2.24, 2.45) is 0 Å². The average molecular weight is 345 g/mol. The molecular formula is C12H15N3O5S2. The molecule has 0 radical (unpaired) electrons. The third-order valence-electron chi connectivity index (χ3n) is 2.69. The first-order valence-electron chi connectivity index (χ1n) is 6.21. The molecule has 1 N–H and O–H groups in total. The molecule has 0 aliphatic rings. The molecule has 1 heterocycles. The van der Waals surface area contributed by atoms with Crippen molar-refractivity contribution in [3.63, 3.8) is 0 Å². The number of aromatic nitrogens is 2. The van der Waals surface area contributed by atoms with Crippen LogP contribution >= 0.6 is 0 Å². The zero-order valence-corrected chi connectivity index (χ0v) is 13.6. The molecule has 0 amide bonds. The smallest absolute Gasteiger partial charge is 0.335 e. The third kappa shape index (κ3) is 4.61. The summed E-state index contributed by atoms with van der Waals surface area (Å²) in [4.78, 5) is 0. The highest BCUT2D eigenvalue weighted by atomic mass is 32.2. The van der Waals surface area contributed by atoms with Crippen molar-refractivity contribution in [3.05, 3.63) is 41.3 Å². The molecule has 2 rings (SSSR count). The van der Waals surface area contributed by atoms with E-state index in [0.29, 0.717) is 5.56 Å². The van der Waals surface area contributed by atoms with Crippen LogP contribution in [-0.4, -0.2) is 33.3 Å². The minimum atomic E-state index is -3.61. The first kappa shape index (κ1) is 16.6. The molecule has 0 aliphatic heterocycles. The Morgan fingerprint density at radius 1 is 1.09 bits per heavy atom. The second kappa shape index (κ2) is 6.15. The lowest BCUT2D eigenvalue weighted by atomic mass is 10.2. The third-order valence-corrected chi connectivity index (χ3v) is 4.78. The molecule has 2 aromatic rings. The summed E-state index contributed by atoms with van der Waals surface area (Å²) in [6.07, 6.45) is 0.922. The normalized spacial score (nSPS) is 12.5. The van der Waals surface area contributed by atoms with E-state index in [9.17, 15) is 16.8 Å². The van der Waals surface area contributed by atoms with Gasteiger partial charge in [0.1, 0.15) is 0 Å². The van der Waals surface area contributed by atoms with Crippen LogP contribution in [0.5, 0.6) is 0 Å². The zero-order valence-electron chi connectivity index (χ0n) is 12.0. The van der Waals surface area contributed by atoms with Crippen LogP contribution in [0.3, 0.4) is 0 Å². The maximum absolute atomic E-state index is 11.9. The van der Waals surface area contributed by atoms with E-state index in [1.54, 1.807) is 12.1 Å². The molecule has 0 saturated heterocycles. The Labute approximate surface area is 128 Å². The molecule has 0 bridgehead atoms. The van der Waals surface area contributed by atoms with E-state index in [-0.39, 0.29) is 18.2 Å². The topological polar surface area (TPSA) is 119 Å². The molecule has 8 nitrogen and oxygen atoms in total. The summed E-state index contributed by atoms with van der Waals surface area (Å²) >= 11 is 0. The highest BCUT2D eigenvalue weighted by Gasteiger charge is 2.18. The molecular weight excluding hydrogens is 330 g/mol. The summed E-state index contributed by atoms with van der Waals surface area (Å²) in [5.74, 6) is -0.312. The minimum absolute atomic E-state index is 0.118. The lowest BCUT2D eigenvalue weighted by molar-refractivity contribution is 0.394. The van der Waals surface area contributed by atoms with Crippen LogP contribution in [0.4, 0.5) is 0 Å². The summed E-state index contributed by atoms with van der Waals surface area (Å²) in [6, 6.07) is 7.09. The van der Waals surface area contributed by atoms with Crippen LogP contribution < -0.4 is 4.72 Å². The molecule has 1 aromatic heterocycles. The maximum Gasteiger partial charge on any atom is 0.335 e. The van der Waals surface area contributed by atoms with E-state index in [1.807, 2.05) is 19.1 Å². The quantitative estimate of drug-likeness (QED) is 0.804. The number of sulfonamides is 1. The molecule has 120 valence electrons.